The van der Waals surface area contributed by atoms with Gasteiger partial charge in [0.1, 0.15) is 0 Å². The minimum absolute atomic E-state index is 0.356. The number of hydrogen-bond donors (Lipinski definition) is 0. The van der Waals surface area contributed by atoms with Gasteiger partial charge in [0, 0.05) is 20.0 Å². The van der Waals surface area contributed by atoms with E-state index in [1.165, 1.54) is 25.7 Å². The molecule has 0 N–H and O–H groups in total. The van der Waals surface area contributed by atoms with Crippen LogP contribution in [0.3, 0.4) is 0 Å². The van der Waals surface area contributed by atoms with Crippen LogP contribution >= 0.6 is 0 Å². The third-order valence-electron chi connectivity index (χ3n) is 3.86. The van der Waals surface area contributed by atoms with E-state index in [2.05, 4.69) is 6.92 Å². The van der Waals surface area contributed by atoms with Crippen molar-refractivity contribution in [2.45, 2.75) is 39.0 Å². The summed E-state index contributed by atoms with van der Waals surface area (Å²) in [4.78, 5) is 13.4. The maximum atomic E-state index is 11.5. The Morgan fingerprint density at radius 2 is 2.00 bits per heavy atom. The minimum Gasteiger partial charge on any atom is -0.345 e. The van der Waals surface area contributed by atoms with Gasteiger partial charge in [0.2, 0.25) is 5.91 Å². The van der Waals surface area contributed by atoms with E-state index in [1.807, 2.05) is 11.9 Å². The lowest BCUT2D eigenvalue weighted by atomic mass is 9.70. The third-order valence-corrected chi connectivity index (χ3v) is 3.86. The van der Waals surface area contributed by atoms with Crippen LogP contribution in [0.25, 0.3) is 0 Å². The maximum Gasteiger partial charge on any atom is 0.222 e. The number of hydrogen-bond acceptors (Lipinski definition) is 1. The molecule has 0 aromatic heterocycles. The number of carbonyl (C=O) groups is 1. The summed E-state index contributed by atoms with van der Waals surface area (Å²) in [6.45, 7) is 3.34. The lowest BCUT2D eigenvalue weighted by molar-refractivity contribution is -0.126. The Labute approximate surface area is 80.3 Å². The zero-order valence-electron chi connectivity index (χ0n) is 8.68. The van der Waals surface area contributed by atoms with Gasteiger partial charge in [-0.25, -0.2) is 0 Å². The van der Waals surface area contributed by atoms with Crippen molar-refractivity contribution < 1.29 is 4.79 Å². The molecule has 1 aliphatic carbocycles. The van der Waals surface area contributed by atoms with Gasteiger partial charge in [-0.3, -0.25) is 4.79 Å². The van der Waals surface area contributed by atoms with Gasteiger partial charge in [-0.05, 0) is 24.2 Å². The van der Waals surface area contributed by atoms with Crippen LogP contribution < -0.4 is 0 Å². The highest BCUT2D eigenvalue weighted by Crippen LogP contribution is 2.45. The van der Waals surface area contributed by atoms with Gasteiger partial charge in [-0.15, -0.1) is 0 Å². The summed E-state index contributed by atoms with van der Waals surface area (Å²) >= 11 is 0. The highest BCUT2D eigenvalue weighted by atomic mass is 16.2. The molecule has 1 heterocycles. The molecule has 2 nitrogen and oxygen atoms in total. The van der Waals surface area contributed by atoms with Crippen LogP contribution in [0.4, 0.5) is 0 Å². The van der Waals surface area contributed by atoms with Crippen LogP contribution in [0.1, 0.15) is 39.0 Å². The molecular formula is C11H19NO. The molecule has 74 valence electrons. The molecule has 1 amide bonds. The van der Waals surface area contributed by atoms with Crippen molar-refractivity contribution in [1.82, 2.24) is 4.90 Å². The summed E-state index contributed by atoms with van der Waals surface area (Å²) in [7, 11) is 1.94. The molecule has 0 aromatic carbocycles. The van der Waals surface area contributed by atoms with Crippen LogP contribution in [0.15, 0.2) is 0 Å². The van der Waals surface area contributed by atoms with Crippen molar-refractivity contribution >= 4 is 5.91 Å². The summed E-state index contributed by atoms with van der Waals surface area (Å²) < 4.78 is 0. The first-order chi connectivity index (χ1) is 6.11. The summed E-state index contributed by atoms with van der Waals surface area (Å²) in [5.41, 5.74) is 0.373. The lowest BCUT2D eigenvalue weighted by Crippen LogP contribution is -2.29. The maximum absolute atomic E-state index is 11.5. The predicted molar refractivity (Wildman–Crippen MR) is 52.3 cm³/mol. The second-order valence-electron chi connectivity index (χ2n) is 5.11. The SMILES string of the molecule is CC1CCC2(CC1)CC(=O)N(C)C2. The molecule has 2 aliphatic rings. The fraction of sp³-hybridized carbons (Fsp3) is 0.909. The molecule has 0 bridgehead atoms. The zero-order valence-corrected chi connectivity index (χ0v) is 8.68. The molecule has 1 saturated carbocycles. The van der Waals surface area contributed by atoms with Gasteiger partial charge in [0.15, 0.2) is 0 Å². The van der Waals surface area contributed by atoms with Gasteiger partial charge in [-0.1, -0.05) is 19.8 Å². The van der Waals surface area contributed by atoms with Gasteiger partial charge in [0.05, 0.1) is 0 Å². The lowest BCUT2D eigenvalue weighted by Gasteiger charge is -2.35. The topological polar surface area (TPSA) is 20.3 Å². The van der Waals surface area contributed by atoms with Crippen LogP contribution in [0, 0.1) is 11.3 Å². The minimum atomic E-state index is 0.356. The predicted octanol–water partition coefficient (Wildman–Crippen LogP) is 2.04. The molecule has 0 atom stereocenters. The Morgan fingerprint density at radius 3 is 2.46 bits per heavy atom. The average molecular weight is 181 g/mol. The molecule has 2 heteroatoms. The highest BCUT2D eigenvalue weighted by Gasteiger charge is 2.42. The molecule has 2 fully saturated rings. The molecular weight excluding hydrogens is 162 g/mol. The first-order valence-electron chi connectivity index (χ1n) is 5.35. The Balaban J connectivity index is 2.03. The number of carbonyl (C=O) groups excluding carboxylic acids is 1. The summed E-state index contributed by atoms with van der Waals surface area (Å²) in [5, 5.41) is 0. The quantitative estimate of drug-likeness (QED) is 0.560. The fourth-order valence-electron chi connectivity index (χ4n) is 2.81. The third kappa shape index (κ3) is 1.59. The molecule has 1 saturated heterocycles. The smallest absolute Gasteiger partial charge is 0.222 e. The zero-order chi connectivity index (χ0) is 9.47. The van der Waals surface area contributed by atoms with Crippen molar-refractivity contribution in [2.24, 2.45) is 11.3 Å². The second kappa shape index (κ2) is 3.00. The van der Waals surface area contributed by atoms with Crippen molar-refractivity contribution in [3.63, 3.8) is 0 Å². The average Bonchev–Trinajstić information content (AvgIpc) is 2.36. The summed E-state index contributed by atoms with van der Waals surface area (Å²) in [5.74, 6) is 1.24. The largest absolute Gasteiger partial charge is 0.345 e. The normalized spacial score (nSPS) is 40.3. The van der Waals surface area contributed by atoms with Crippen molar-refractivity contribution in [1.29, 1.82) is 0 Å². The Kier molecular flexibility index (Phi) is 2.09. The van der Waals surface area contributed by atoms with Crippen molar-refractivity contribution in [2.75, 3.05) is 13.6 Å². The molecule has 2 rings (SSSR count). The van der Waals surface area contributed by atoms with E-state index in [0.717, 1.165) is 18.9 Å². The van der Waals surface area contributed by atoms with Crippen LogP contribution in [-0.4, -0.2) is 24.4 Å². The standard InChI is InChI=1S/C11H19NO/c1-9-3-5-11(6-4-9)7-10(13)12(2)8-11/h9H,3-8H2,1-2H3. The monoisotopic (exact) mass is 181 g/mol. The number of likely N-dealkylation sites (tertiary alicyclic amines) is 1. The van der Waals surface area contributed by atoms with Gasteiger partial charge in [-0.2, -0.15) is 0 Å². The van der Waals surface area contributed by atoms with Gasteiger partial charge in [0.25, 0.3) is 0 Å². The summed E-state index contributed by atoms with van der Waals surface area (Å²) in [6, 6.07) is 0. The fourth-order valence-corrected chi connectivity index (χ4v) is 2.81. The molecule has 1 spiro atoms. The van der Waals surface area contributed by atoms with Gasteiger partial charge >= 0.3 is 0 Å². The second-order valence-corrected chi connectivity index (χ2v) is 5.11. The first kappa shape index (κ1) is 9.04. The van der Waals surface area contributed by atoms with E-state index >= 15 is 0 Å². The van der Waals surface area contributed by atoms with E-state index in [1.54, 1.807) is 0 Å². The Bertz CT molecular complexity index is 216. The molecule has 0 aromatic rings. The highest BCUT2D eigenvalue weighted by molar-refractivity contribution is 5.79. The van der Waals surface area contributed by atoms with Gasteiger partial charge < -0.3 is 4.90 Å². The number of amides is 1. The molecule has 1 aliphatic heterocycles. The van der Waals surface area contributed by atoms with E-state index < -0.39 is 0 Å². The van der Waals surface area contributed by atoms with Crippen LogP contribution in [0.5, 0.6) is 0 Å². The van der Waals surface area contributed by atoms with Crippen molar-refractivity contribution in [3.05, 3.63) is 0 Å². The van der Waals surface area contributed by atoms with E-state index in [9.17, 15) is 4.79 Å². The number of nitrogens with zero attached hydrogens (tertiary/aromatic N) is 1. The van der Waals surface area contributed by atoms with Crippen LogP contribution in [-0.2, 0) is 4.79 Å². The first-order valence-corrected chi connectivity index (χ1v) is 5.35. The van der Waals surface area contributed by atoms with E-state index in [-0.39, 0.29) is 0 Å². The van der Waals surface area contributed by atoms with Crippen LogP contribution in [0.2, 0.25) is 0 Å². The van der Waals surface area contributed by atoms with E-state index in [0.29, 0.717) is 11.3 Å². The van der Waals surface area contributed by atoms with Crippen molar-refractivity contribution in [3.8, 4) is 0 Å². The Hall–Kier alpha value is -0.530. The molecule has 0 unspecified atom stereocenters. The number of rotatable bonds is 0. The molecule has 13 heavy (non-hydrogen) atoms. The van der Waals surface area contributed by atoms with E-state index in [4.69, 9.17) is 0 Å². The summed E-state index contributed by atoms with van der Waals surface area (Å²) in [6.07, 6.45) is 5.99. The Morgan fingerprint density at radius 1 is 1.38 bits per heavy atom. The molecule has 0 radical (unpaired) electrons.